The minimum Gasteiger partial charge on any atom is -0.507 e. The maximum absolute atomic E-state index is 9.65. The lowest BCUT2D eigenvalue weighted by atomic mass is 10.1. The van der Waals surface area contributed by atoms with E-state index in [0.717, 1.165) is 0 Å². The van der Waals surface area contributed by atoms with Gasteiger partial charge in [-0.1, -0.05) is 0 Å². The van der Waals surface area contributed by atoms with E-state index in [2.05, 4.69) is 10.2 Å². The summed E-state index contributed by atoms with van der Waals surface area (Å²) in [5, 5.41) is 24.2. The molecule has 7 nitrogen and oxygen atoms in total. The van der Waals surface area contributed by atoms with Crippen molar-refractivity contribution in [3.8, 4) is 5.75 Å². The number of nitrogens with one attached hydrogen (secondary N) is 1. The molecule has 8 N–H and O–H groups in total. The average molecular weight is 234 g/mol. The Balaban J connectivity index is 3.21. The quantitative estimate of drug-likeness (QED) is 0.277. The van der Waals surface area contributed by atoms with E-state index in [1.165, 1.54) is 12.1 Å². The van der Waals surface area contributed by atoms with Gasteiger partial charge in [-0.2, -0.15) is 5.10 Å². The van der Waals surface area contributed by atoms with Crippen molar-refractivity contribution in [3.05, 3.63) is 29.3 Å². The molecule has 0 amide bonds. The zero-order valence-corrected chi connectivity index (χ0v) is 9.31. The van der Waals surface area contributed by atoms with Gasteiger partial charge in [0.15, 0.2) is 0 Å². The Kier molecular flexibility index (Phi) is 3.66. The van der Waals surface area contributed by atoms with Gasteiger partial charge in [-0.05, 0) is 25.1 Å². The van der Waals surface area contributed by atoms with Crippen LogP contribution in [0.15, 0.2) is 28.4 Å². The van der Waals surface area contributed by atoms with Gasteiger partial charge >= 0.3 is 0 Å². The lowest BCUT2D eigenvalue weighted by Gasteiger charge is -2.05. The molecule has 17 heavy (non-hydrogen) atoms. The highest BCUT2D eigenvalue weighted by atomic mass is 16.3. The summed E-state index contributed by atoms with van der Waals surface area (Å²) in [6.07, 6.45) is 0. The van der Waals surface area contributed by atoms with Crippen LogP contribution in [-0.4, -0.2) is 22.6 Å². The van der Waals surface area contributed by atoms with Gasteiger partial charge in [-0.3, -0.25) is 5.41 Å². The largest absolute Gasteiger partial charge is 0.507 e. The van der Waals surface area contributed by atoms with Gasteiger partial charge in [-0.15, -0.1) is 5.10 Å². The summed E-state index contributed by atoms with van der Waals surface area (Å²) in [6, 6.07) is 4.51. The molecule has 0 aliphatic carbocycles. The highest BCUT2D eigenvalue weighted by Crippen LogP contribution is 2.19. The molecule has 1 rings (SSSR count). The second kappa shape index (κ2) is 4.97. The minimum absolute atomic E-state index is 0.0158. The number of aromatic hydroxyl groups is 1. The van der Waals surface area contributed by atoms with Crippen molar-refractivity contribution in [1.29, 1.82) is 5.41 Å². The van der Waals surface area contributed by atoms with Crippen molar-refractivity contribution < 1.29 is 5.11 Å². The van der Waals surface area contributed by atoms with Crippen LogP contribution in [0.25, 0.3) is 0 Å². The third kappa shape index (κ3) is 3.20. The van der Waals surface area contributed by atoms with Crippen molar-refractivity contribution in [1.82, 2.24) is 0 Å². The topological polar surface area (TPSA) is 147 Å². The van der Waals surface area contributed by atoms with Crippen LogP contribution in [0.5, 0.6) is 5.75 Å². The molecule has 0 atom stereocenters. The molecule has 0 aliphatic rings. The molecule has 0 spiro atoms. The number of phenolic OH excluding ortho intramolecular Hbond substituents is 1. The van der Waals surface area contributed by atoms with E-state index >= 15 is 0 Å². The average Bonchev–Trinajstić information content (AvgIpc) is 2.26. The molecule has 0 fully saturated rings. The molecule has 0 saturated heterocycles. The molecule has 0 saturated carbocycles. The van der Waals surface area contributed by atoms with Crippen molar-refractivity contribution in [2.75, 3.05) is 0 Å². The zero-order valence-electron chi connectivity index (χ0n) is 9.31. The Morgan fingerprint density at radius 3 is 2.41 bits per heavy atom. The molecule has 1 aromatic rings. The van der Waals surface area contributed by atoms with Crippen LogP contribution < -0.4 is 17.2 Å². The smallest absolute Gasteiger partial charge is 0.211 e. The number of guanidine groups is 1. The fourth-order valence-corrected chi connectivity index (χ4v) is 1.18. The monoisotopic (exact) mass is 234 g/mol. The Morgan fingerprint density at radius 1 is 1.24 bits per heavy atom. The van der Waals surface area contributed by atoms with E-state index in [-0.39, 0.29) is 17.5 Å². The van der Waals surface area contributed by atoms with Gasteiger partial charge < -0.3 is 22.3 Å². The maximum Gasteiger partial charge on any atom is 0.211 e. The molecule has 0 bridgehead atoms. The summed E-state index contributed by atoms with van der Waals surface area (Å²) in [5.74, 6) is -0.255. The SMILES string of the molecule is C/C(=N\N=C(N)N)c1cc(C(=N)N)ccc1O. The van der Waals surface area contributed by atoms with Gasteiger partial charge in [0, 0.05) is 11.1 Å². The summed E-state index contributed by atoms with van der Waals surface area (Å²) < 4.78 is 0. The molecule has 0 aliphatic heterocycles. The lowest BCUT2D eigenvalue weighted by molar-refractivity contribution is 0.474. The lowest BCUT2D eigenvalue weighted by Crippen LogP contribution is -2.22. The van der Waals surface area contributed by atoms with Gasteiger partial charge in [-0.25, -0.2) is 0 Å². The predicted octanol–water partition coefficient (Wildman–Crippen LogP) is -0.326. The van der Waals surface area contributed by atoms with Crippen molar-refractivity contribution in [2.45, 2.75) is 6.92 Å². The highest BCUT2D eigenvalue weighted by molar-refractivity contribution is 6.04. The summed E-state index contributed by atoms with van der Waals surface area (Å²) in [7, 11) is 0. The number of rotatable bonds is 3. The number of benzene rings is 1. The number of hydrogen-bond acceptors (Lipinski definition) is 4. The van der Waals surface area contributed by atoms with Crippen LogP contribution in [0.1, 0.15) is 18.1 Å². The van der Waals surface area contributed by atoms with Crippen LogP contribution in [0.4, 0.5) is 0 Å². The van der Waals surface area contributed by atoms with Gasteiger partial charge in [0.1, 0.15) is 11.6 Å². The molecule has 0 aromatic heterocycles. The van der Waals surface area contributed by atoms with Crippen LogP contribution in [-0.2, 0) is 0 Å². The summed E-state index contributed by atoms with van der Waals surface area (Å²) in [6.45, 7) is 1.63. The fourth-order valence-electron chi connectivity index (χ4n) is 1.18. The molecular weight excluding hydrogens is 220 g/mol. The van der Waals surface area contributed by atoms with E-state index in [4.69, 9.17) is 22.6 Å². The molecule has 1 aromatic carbocycles. The number of hydrogen-bond donors (Lipinski definition) is 5. The molecular formula is C10H14N6O. The van der Waals surface area contributed by atoms with E-state index in [1.807, 2.05) is 0 Å². The third-order valence-corrected chi connectivity index (χ3v) is 2.01. The third-order valence-electron chi connectivity index (χ3n) is 2.01. The van der Waals surface area contributed by atoms with Crippen LogP contribution in [0.3, 0.4) is 0 Å². The maximum atomic E-state index is 9.65. The van der Waals surface area contributed by atoms with E-state index in [1.54, 1.807) is 13.0 Å². The highest BCUT2D eigenvalue weighted by Gasteiger charge is 2.07. The zero-order chi connectivity index (χ0) is 13.0. The van der Waals surface area contributed by atoms with Crippen molar-refractivity contribution >= 4 is 17.5 Å². The van der Waals surface area contributed by atoms with E-state index < -0.39 is 0 Å². The van der Waals surface area contributed by atoms with Crippen LogP contribution in [0.2, 0.25) is 0 Å². The Bertz CT molecular complexity index is 502. The van der Waals surface area contributed by atoms with Gasteiger partial charge in [0.05, 0.1) is 5.71 Å². The summed E-state index contributed by atoms with van der Waals surface area (Å²) >= 11 is 0. The normalized spacial score (nSPS) is 11.0. The van der Waals surface area contributed by atoms with Crippen LogP contribution >= 0.6 is 0 Å². The van der Waals surface area contributed by atoms with Gasteiger partial charge in [0.2, 0.25) is 5.96 Å². The minimum atomic E-state index is -0.174. The molecule has 0 unspecified atom stereocenters. The second-order valence-electron chi connectivity index (χ2n) is 3.36. The van der Waals surface area contributed by atoms with Crippen molar-refractivity contribution in [3.63, 3.8) is 0 Å². The molecule has 0 heterocycles. The first kappa shape index (κ1) is 12.5. The predicted molar refractivity (Wildman–Crippen MR) is 67.1 cm³/mol. The number of nitrogens with two attached hydrogens (primary N) is 3. The molecule has 90 valence electrons. The number of phenols is 1. The number of nitrogens with zero attached hydrogens (tertiary/aromatic N) is 2. The Morgan fingerprint density at radius 2 is 1.88 bits per heavy atom. The van der Waals surface area contributed by atoms with Gasteiger partial charge in [0.25, 0.3) is 0 Å². The first-order valence-electron chi connectivity index (χ1n) is 4.72. The Hall–Kier alpha value is -2.57. The second-order valence-corrected chi connectivity index (χ2v) is 3.36. The molecule has 7 heteroatoms. The first-order chi connectivity index (χ1) is 7.91. The summed E-state index contributed by atoms with van der Waals surface area (Å²) in [5.41, 5.74) is 16.9. The number of amidine groups is 1. The van der Waals surface area contributed by atoms with E-state index in [0.29, 0.717) is 16.8 Å². The number of nitrogen functional groups attached to an aromatic ring is 1. The molecule has 0 radical (unpaired) electrons. The summed E-state index contributed by atoms with van der Waals surface area (Å²) in [4.78, 5) is 0. The first-order valence-corrected chi connectivity index (χ1v) is 4.72. The van der Waals surface area contributed by atoms with E-state index in [9.17, 15) is 5.11 Å². The van der Waals surface area contributed by atoms with Crippen LogP contribution in [0, 0.1) is 5.41 Å². The van der Waals surface area contributed by atoms with Crippen molar-refractivity contribution in [2.24, 2.45) is 27.4 Å². The Labute approximate surface area is 98.2 Å². The standard InChI is InChI=1S/C10H14N6O/c1-5(15-16-10(13)14)7-4-6(9(11)12)2-3-8(7)17/h2-4,17H,1H3,(H3,11,12)(H4,13,14,16)/b15-5+. The fraction of sp³-hybridized carbons (Fsp3) is 0.100.